The van der Waals surface area contributed by atoms with Crippen LogP contribution in [0.1, 0.15) is 30.0 Å². The molecule has 0 atom stereocenters. The first-order valence-corrected chi connectivity index (χ1v) is 10.6. The zero-order valence-corrected chi connectivity index (χ0v) is 18.6. The number of hydrogen-bond acceptors (Lipinski definition) is 7. The zero-order valence-electron chi connectivity index (χ0n) is 18.6. The molecule has 0 radical (unpaired) electrons. The second-order valence-corrected chi connectivity index (χ2v) is 7.84. The Morgan fingerprint density at radius 1 is 1.00 bits per heavy atom. The van der Waals surface area contributed by atoms with E-state index in [0.717, 1.165) is 49.3 Å². The number of benzene rings is 1. The Kier molecular flexibility index (Phi) is 6.70. The molecule has 3 heterocycles. The number of likely N-dealkylation sites (tertiary alicyclic amines) is 1. The smallest absolute Gasteiger partial charge is 0.251 e. The van der Waals surface area contributed by atoms with Crippen molar-refractivity contribution in [1.82, 2.24) is 19.9 Å². The van der Waals surface area contributed by atoms with E-state index in [-0.39, 0.29) is 11.5 Å². The number of ether oxygens (including phenoxy) is 3. The molecule has 0 saturated carbocycles. The highest BCUT2D eigenvalue weighted by molar-refractivity contribution is 5.54. The van der Waals surface area contributed by atoms with Gasteiger partial charge in [-0.05, 0) is 55.8 Å². The predicted molar refractivity (Wildman–Crippen MR) is 121 cm³/mol. The molecular formula is C24H28N4O4. The fraction of sp³-hybridized carbons (Fsp3) is 0.375. The second kappa shape index (κ2) is 9.82. The van der Waals surface area contributed by atoms with Gasteiger partial charge in [-0.2, -0.15) is 0 Å². The van der Waals surface area contributed by atoms with Gasteiger partial charge in [0.25, 0.3) is 5.56 Å². The van der Waals surface area contributed by atoms with Crippen molar-refractivity contribution in [3.05, 3.63) is 64.3 Å². The average molecular weight is 437 g/mol. The molecule has 2 aromatic heterocycles. The number of nitrogens with zero attached hydrogens (tertiary/aromatic N) is 3. The lowest BCUT2D eigenvalue weighted by Gasteiger charge is -2.32. The second-order valence-electron chi connectivity index (χ2n) is 7.84. The van der Waals surface area contributed by atoms with Crippen molar-refractivity contribution in [2.75, 3.05) is 34.4 Å². The Morgan fingerprint density at radius 3 is 2.25 bits per heavy atom. The van der Waals surface area contributed by atoms with Gasteiger partial charge in [0.2, 0.25) is 5.75 Å². The number of pyridine rings is 1. The highest BCUT2D eigenvalue weighted by atomic mass is 16.5. The summed E-state index contributed by atoms with van der Waals surface area (Å²) in [6, 6.07) is 9.31. The molecule has 1 aromatic carbocycles. The SMILES string of the molecule is COc1cc(CN2CCC(c3cc(=O)[nH]c(-c4ccncc4)n3)CC2)cc(OC)c1OC. The molecule has 3 aromatic rings. The maximum Gasteiger partial charge on any atom is 0.251 e. The van der Waals surface area contributed by atoms with Crippen molar-refractivity contribution >= 4 is 0 Å². The highest BCUT2D eigenvalue weighted by Gasteiger charge is 2.23. The zero-order chi connectivity index (χ0) is 22.5. The first kappa shape index (κ1) is 21.8. The maximum atomic E-state index is 12.3. The third kappa shape index (κ3) is 4.75. The molecule has 32 heavy (non-hydrogen) atoms. The Balaban J connectivity index is 1.45. The Bertz CT molecular complexity index is 1080. The molecular weight excluding hydrogens is 408 g/mol. The Labute approximate surface area is 187 Å². The van der Waals surface area contributed by atoms with Crippen molar-refractivity contribution in [2.45, 2.75) is 25.3 Å². The minimum atomic E-state index is -0.123. The predicted octanol–water partition coefficient (Wildman–Crippen LogP) is 3.24. The minimum Gasteiger partial charge on any atom is -0.493 e. The summed E-state index contributed by atoms with van der Waals surface area (Å²) in [6.45, 7) is 2.62. The number of piperidine rings is 1. The van der Waals surface area contributed by atoms with Crippen LogP contribution in [0.5, 0.6) is 17.2 Å². The fourth-order valence-electron chi connectivity index (χ4n) is 4.20. The lowest BCUT2D eigenvalue weighted by Crippen LogP contribution is -2.33. The van der Waals surface area contributed by atoms with Gasteiger partial charge < -0.3 is 19.2 Å². The van der Waals surface area contributed by atoms with Gasteiger partial charge in [0.1, 0.15) is 5.82 Å². The summed E-state index contributed by atoms with van der Waals surface area (Å²) in [5.41, 5.74) is 2.70. The Morgan fingerprint density at radius 2 is 1.66 bits per heavy atom. The van der Waals surface area contributed by atoms with E-state index in [1.165, 1.54) is 0 Å². The van der Waals surface area contributed by atoms with Crippen LogP contribution in [-0.2, 0) is 6.54 Å². The summed E-state index contributed by atoms with van der Waals surface area (Å²) < 4.78 is 16.4. The van der Waals surface area contributed by atoms with Crippen LogP contribution in [0.3, 0.4) is 0 Å². The minimum absolute atomic E-state index is 0.123. The number of hydrogen-bond donors (Lipinski definition) is 1. The van der Waals surface area contributed by atoms with Crippen LogP contribution in [-0.4, -0.2) is 54.3 Å². The van der Waals surface area contributed by atoms with Gasteiger partial charge in [-0.3, -0.25) is 14.7 Å². The van der Waals surface area contributed by atoms with Crippen LogP contribution < -0.4 is 19.8 Å². The van der Waals surface area contributed by atoms with Crippen LogP contribution in [0.15, 0.2) is 47.5 Å². The quantitative estimate of drug-likeness (QED) is 0.608. The fourth-order valence-corrected chi connectivity index (χ4v) is 4.20. The van der Waals surface area contributed by atoms with E-state index in [9.17, 15) is 4.79 Å². The highest BCUT2D eigenvalue weighted by Crippen LogP contribution is 2.39. The first-order valence-electron chi connectivity index (χ1n) is 10.6. The monoisotopic (exact) mass is 436 g/mol. The average Bonchev–Trinajstić information content (AvgIpc) is 2.84. The number of nitrogens with one attached hydrogen (secondary N) is 1. The normalized spacial score (nSPS) is 14.8. The van der Waals surface area contributed by atoms with Crippen LogP contribution in [0, 0.1) is 0 Å². The molecule has 0 aliphatic carbocycles. The molecule has 1 aliphatic rings. The van der Waals surface area contributed by atoms with Crippen molar-refractivity contribution < 1.29 is 14.2 Å². The van der Waals surface area contributed by atoms with Gasteiger partial charge in [0, 0.05) is 36.5 Å². The standard InChI is InChI=1S/C24H28N4O4/c1-30-20-12-16(13-21(31-2)23(20)32-3)15-28-10-6-17(7-11-28)19-14-22(29)27-24(26-19)18-4-8-25-9-5-18/h4-5,8-9,12-14,17H,6-7,10-11,15H2,1-3H3,(H,26,27,29). The summed E-state index contributed by atoms with van der Waals surface area (Å²) in [5, 5.41) is 0. The van der Waals surface area contributed by atoms with E-state index in [4.69, 9.17) is 19.2 Å². The largest absolute Gasteiger partial charge is 0.493 e. The molecule has 0 amide bonds. The molecule has 8 nitrogen and oxygen atoms in total. The molecule has 0 bridgehead atoms. The summed E-state index contributed by atoms with van der Waals surface area (Å²) in [4.78, 5) is 26.3. The van der Waals surface area contributed by atoms with Crippen molar-refractivity contribution in [1.29, 1.82) is 0 Å². The molecule has 1 N–H and O–H groups in total. The number of aromatic nitrogens is 3. The number of methoxy groups -OCH3 is 3. The van der Waals surface area contributed by atoms with Crippen LogP contribution >= 0.6 is 0 Å². The van der Waals surface area contributed by atoms with E-state index in [2.05, 4.69) is 14.9 Å². The molecule has 1 fully saturated rings. The summed E-state index contributed by atoms with van der Waals surface area (Å²) in [6.07, 6.45) is 5.28. The number of aromatic amines is 1. The maximum absolute atomic E-state index is 12.3. The molecule has 0 spiro atoms. The molecule has 168 valence electrons. The summed E-state index contributed by atoms with van der Waals surface area (Å²) in [5.74, 6) is 2.77. The summed E-state index contributed by atoms with van der Waals surface area (Å²) >= 11 is 0. The van der Waals surface area contributed by atoms with Gasteiger partial charge in [-0.15, -0.1) is 0 Å². The first-order chi connectivity index (χ1) is 15.6. The number of rotatable bonds is 7. The van der Waals surface area contributed by atoms with E-state index >= 15 is 0 Å². The van der Waals surface area contributed by atoms with Crippen molar-refractivity contribution in [3.63, 3.8) is 0 Å². The van der Waals surface area contributed by atoms with E-state index in [1.807, 2.05) is 24.3 Å². The van der Waals surface area contributed by atoms with Gasteiger partial charge in [-0.25, -0.2) is 4.98 Å². The van der Waals surface area contributed by atoms with Gasteiger partial charge >= 0.3 is 0 Å². The van der Waals surface area contributed by atoms with Gasteiger partial charge in [0.05, 0.1) is 27.0 Å². The van der Waals surface area contributed by atoms with E-state index < -0.39 is 0 Å². The topological polar surface area (TPSA) is 89.6 Å². The van der Waals surface area contributed by atoms with Crippen LogP contribution in [0.25, 0.3) is 11.4 Å². The van der Waals surface area contributed by atoms with E-state index in [0.29, 0.717) is 23.1 Å². The lowest BCUT2D eigenvalue weighted by molar-refractivity contribution is 0.202. The lowest BCUT2D eigenvalue weighted by atomic mass is 9.93. The third-order valence-electron chi connectivity index (χ3n) is 5.85. The van der Waals surface area contributed by atoms with Crippen LogP contribution in [0.2, 0.25) is 0 Å². The molecule has 1 saturated heterocycles. The van der Waals surface area contributed by atoms with Gasteiger partial charge in [-0.1, -0.05) is 0 Å². The number of H-pyrrole nitrogens is 1. The molecule has 0 unspecified atom stereocenters. The molecule has 4 rings (SSSR count). The molecule has 8 heteroatoms. The van der Waals surface area contributed by atoms with Gasteiger partial charge in [0.15, 0.2) is 11.5 Å². The van der Waals surface area contributed by atoms with Crippen LogP contribution in [0.4, 0.5) is 0 Å². The summed E-state index contributed by atoms with van der Waals surface area (Å²) in [7, 11) is 4.86. The Hall–Kier alpha value is -3.39. The van der Waals surface area contributed by atoms with Crippen molar-refractivity contribution in [2.24, 2.45) is 0 Å². The molecule has 1 aliphatic heterocycles. The third-order valence-corrected chi connectivity index (χ3v) is 5.85. The van der Waals surface area contributed by atoms with E-state index in [1.54, 1.807) is 39.8 Å². The van der Waals surface area contributed by atoms with Crippen molar-refractivity contribution in [3.8, 4) is 28.6 Å².